The lowest BCUT2D eigenvalue weighted by Gasteiger charge is -2.43. The van der Waals surface area contributed by atoms with Gasteiger partial charge in [-0.05, 0) is 42.4 Å². The summed E-state index contributed by atoms with van der Waals surface area (Å²) in [6.07, 6.45) is 10.7. The van der Waals surface area contributed by atoms with Crippen molar-refractivity contribution in [3.63, 3.8) is 0 Å². The molecule has 0 aliphatic heterocycles. The van der Waals surface area contributed by atoms with E-state index in [0.29, 0.717) is 16.9 Å². The summed E-state index contributed by atoms with van der Waals surface area (Å²) in [5, 5.41) is 3.81. The smallest absolute Gasteiger partial charge is 0.203 e. The molecule has 0 radical (unpaired) electrons. The number of hydrogen-bond donors (Lipinski definition) is 1. The van der Waals surface area contributed by atoms with E-state index in [9.17, 15) is 0 Å². The minimum atomic E-state index is 0.383. The van der Waals surface area contributed by atoms with Gasteiger partial charge in [-0.3, -0.25) is 0 Å². The third-order valence-corrected chi connectivity index (χ3v) is 6.01. The molecule has 1 N–H and O–H groups in total. The number of aryl methyl sites for hydroxylation is 1. The second-order valence-corrected chi connectivity index (χ2v) is 7.79. The summed E-state index contributed by atoms with van der Waals surface area (Å²) in [4.78, 5) is 4.56. The van der Waals surface area contributed by atoms with E-state index in [-0.39, 0.29) is 0 Å². The van der Waals surface area contributed by atoms with E-state index in [0.717, 1.165) is 18.4 Å². The van der Waals surface area contributed by atoms with Crippen LogP contribution in [0.1, 0.15) is 59.8 Å². The highest BCUT2D eigenvalue weighted by atomic mass is 15.2. The molecule has 20 heavy (non-hydrogen) atoms. The number of nitrogens with one attached hydrogen (secondary N) is 1. The van der Waals surface area contributed by atoms with Crippen LogP contribution in [0.15, 0.2) is 12.4 Å². The number of imidazole rings is 1. The second kappa shape index (κ2) is 4.78. The van der Waals surface area contributed by atoms with Crippen LogP contribution in [0.2, 0.25) is 0 Å². The van der Waals surface area contributed by atoms with Crippen molar-refractivity contribution in [1.82, 2.24) is 9.55 Å². The van der Waals surface area contributed by atoms with E-state index in [1.54, 1.807) is 0 Å². The van der Waals surface area contributed by atoms with E-state index in [4.69, 9.17) is 0 Å². The molecule has 3 atom stereocenters. The van der Waals surface area contributed by atoms with Crippen LogP contribution in [-0.2, 0) is 6.54 Å². The molecule has 2 aliphatic rings. The molecular weight excluding hydrogens is 246 g/mol. The van der Waals surface area contributed by atoms with E-state index in [2.05, 4.69) is 48.8 Å². The zero-order chi connectivity index (χ0) is 14.4. The monoisotopic (exact) mass is 275 g/mol. The Kier molecular flexibility index (Phi) is 3.34. The topological polar surface area (TPSA) is 29.9 Å². The number of hydrogen-bond acceptors (Lipinski definition) is 2. The van der Waals surface area contributed by atoms with Gasteiger partial charge in [0.15, 0.2) is 0 Å². The van der Waals surface area contributed by atoms with Crippen molar-refractivity contribution in [1.29, 1.82) is 0 Å². The van der Waals surface area contributed by atoms with Gasteiger partial charge >= 0.3 is 0 Å². The van der Waals surface area contributed by atoms with Crippen LogP contribution in [0.4, 0.5) is 5.95 Å². The number of nitrogens with zero attached hydrogens (tertiary/aromatic N) is 2. The Hall–Kier alpha value is -0.990. The summed E-state index contributed by atoms with van der Waals surface area (Å²) < 4.78 is 2.29. The van der Waals surface area contributed by atoms with Crippen molar-refractivity contribution < 1.29 is 0 Å². The van der Waals surface area contributed by atoms with Gasteiger partial charge < -0.3 is 9.88 Å². The Morgan fingerprint density at radius 2 is 2.20 bits per heavy atom. The molecule has 2 saturated carbocycles. The van der Waals surface area contributed by atoms with Crippen molar-refractivity contribution in [2.45, 2.75) is 72.4 Å². The van der Waals surface area contributed by atoms with Crippen LogP contribution in [0.25, 0.3) is 0 Å². The lowest BCUT2D eigenvalue weighted by Crippen LogP contribution is -2.46. The van der Waals surface area contributed by atoms with Crippen LogP contribution >= 0.6 is 0 Å². The summed E-state index contributed by atoms with van der Waals surface area (Å²) in [5.74, 6) is 1.95. The Labute approximate surface area is 123 Å². The zero-order valence-electron chi connectivity index (χ0n) is 13.4. The highest BCUT2D eigenvalue weighted by Gasteiger charge is 2.59. The molecule has 0 saturated heterocycles. The van der Waals surface area contributed by atoms with E-state index in [1.165, 1.54) is 32.1 Å². The van der Waals surface area contributed by atoms with Crippen LogP contribution in [0, 0.1) is 16.7 Å². The minimum absolute atomic E-state index is 0.383. The first-order valence-corrected chi connectivity index (χ1v) is 8.25. The minimum Gasteiger partial charge on any atom is -0.352 e. The standard InChI is InChI=1S/C17H29N3/c1-5-6-10-20-11-9-18-15(20)19-14-16(2,3)13-7-8-17(14,4)12-13/h9,11,13-14H,5-8,10,12H2,1-4H3,(H,18,19). The SMILES string of the molecule is CCCCn1ccnc1NC1C2(C)CCC(C2)C1(C)C. The molecule has 112 valence electrons. The van der Waals surface area contributed by atoms with Crippen molar-refractivity contribution >= 4 is 5.95 Å². The summed E-state index contributed by atoms with van der Waals surface area (Å²) in [6.45, 7) is 10.7. The second-order valence-electron chi connectivity index (χ2n) is 7.79. The summed E-state index contributed by atoms with van der Waals surface area (Å²) in [7, 11) is 0. The zero-order valence-corrected chi connectivity index (χ0v) is 13.4. The normalized spacial score (nSPS) is 34.6. The van der Waals surface area contributed by atoms with Gasteiger partial charge in [-0.15, -0.1) is 0 Å². The Bertz CT molecular complexity index is 472. The largest absolute Gasteiger partial charge is 0.352 e. The predicted octanol–water partition coefficient (Wildman–Crippen LogP) is 4.31. The van der Waals surface area contributed by atoms with Crippen LogP contribution < -0.4 is 5.32 Å². The summed E-state index contributed by atoms with van der Waals surface area (Å²) in [6, 6.07) is 0.552. The van der Waals surface area contributed by atoms with Crippen molar-refractivity contribution in [2.75, 3.05) is 5.32 Å². The molecule has 0 aromatic carbocycles. The van der Waals surface area contributed by atoms with Crippen LogP contribution in [0.5, 0.6) is 0 Å². The fourth-order valence-electron chi connectivity index (χ4n) is 4.75. The highest BCUT2D eigenvalue weighted by Crippen LogP contribution is 2.63. The first kappa shape index (κ1) is 14.0. The Morgan fingerprint density at radius 3 is 2.85 bits per heavy atom. The third-order valence-electron chi connectivity index (χ3n) is 6.01. The maximum Gasteiger partial charge on any atom is 0.203 e. The Balaban J connectivity index is 1.79. The summed E-state index contributed by atoms with van der Waals surface area (Å²) in [5.41, 5.74) is 0.838. The first-order valence-electron chi connectivity index (χ1n) is 8.25. The van der Waals surface area contributed by atoms with Crippen molar-refractivity contribution in [3.8, 4) is 0 Å². The average molecular weight is 275 g/mol. The Morgan fingerprint density at radius 1 is 1.40 bits per heavy atom. The highest BCUT2D eigenvalue weighted by molar-refractivity contribution is 5.33. The van der Waals surface area contributed by atoms with Crippen LogP contribution in [0.3, 0.4) is 0 Å². The number of rotatable bonds is 5. The molecule has 3 heteroatoms. The average Bonchev–Trinajstić information content (AvgIpc) is 3.03. The van der Waals surface area contributed by atoms with E-state index >= 15 is 0 Å². The molecular formula is C17H29N3. The molecule has 1 aromatic heterocycles. The molecule has 0 spiro atoms. The van der Waals surface area contributed by atoms with Gasteiger partial charge in [0.2, 0.25) is 5.95 Å². The van der Waals surface area contributed by atoms with Gasteiger partial charge in [0.1, 0.15) is 0 Å². The lowest BCUT2D eigenvalue weighted by atomic mass is 9.68. The van der Waals surface area contributed by atoms with Crippen molar-refractivity contribution in [3.05, 3.63) is 12.4 Å². The van der Waals surface area contributed by atoms with Gasteiger partial charge in [0.25, 0.3) is 0 Å². The summed E-state index contributed by atoms with van der Waals surface area (Å²) >= 11 is 0. The molecule has 0 amide bonds. The van der Waals surface area contributed by atoms with Crippen LogP contribution in [-0.4, -0.2) is 15.6 Å². The molecule has 3 nitrogen and oxygen atoms in total. The quantitative estimate of drug-likeness (QED) is 0.867. The molecule has 2 aliphatic carbocycles. The lowest BCUT2D eigenvalue weighted by molar-refractivity contribution is 0.154. The predicted molar refractivity (Wildman–Crippen MR) is 83.8 cm³/mol. The molecule has 1 aromatic rings. The number of aromatic nitrogens is 2. The van der Waals surface area contributed by atoms with Gasteiger partial charge in [0, 0.05) is 25.0 Å². The molecule has 2 fully saturated rings. The number of fused-ring (bicyclic) bond motifs is 2. The van der Waals surface area contributed by atoms with Gasteiger partial charge in [0.05, 0.1) is 0 Å². The molecule has 3 unspecified atom stereocenters. The molecule has 1 heterocycles. The van der Waals surface area contributed by atoms with Gasteiger partial charge in [-0.1, -0.05) is 34.1 Å². The van der Waals surface area contributed by atoms with Gasteiger partial charge in [-0.25, -0.2) is 4.98 Å². The fraction of sp³-hybridized carbons (Fsp3) is 0.824. The molecule has 2 bridgehead atoms. The maximum absolute atomic E-state index is 4.56. The number of unbranched alkanes of at least 4 members (excludes halogenated alkanes) is 1. The molecule has 3 rings (SSSR count). The first-order chi connectivity index (χ1) is 9.47. The fourth-order valence-corrected chi connectivity index (χ4v) is 4.75. The van der Waals surface area contributed by atoms with E-state index < -0.39 is 0 Å². The third kappa shape index (κ3) is 2.06. The van der Waals surface area contributed by atoms with Crippen molar-refractivity contribution in [2.24, 2.45) is 16.7 Å². The number of anilines is 1. The maximum atomic E-state index is 4.56. The van der Waals surface area contributed by atoms with E-state index in [1.807, 2.05) is 6.20 Å². The van der Waals surface area contributed by atoms with Gasteiger partial charge in [-0.2, -0.15) is 0 Å².